The first-order chi connectivity index (χ1) is 15.9. The number of hydrogen-bond donors (Lipinski definition) is 2. The number of nitrogens with one attached hydrogen (secondary N) is 2. The minimum Gasteiger partial charge on any atom is -0.422 e. The molecule has 0 saturated heterocycles. The van der Waals surface area contributed by atoms with Crippen LogP contribution in [0.2, 0.25) is 5.02 Å². The number of halogens is 1. The lowest BCUT2D eigenvalue weighted by Gasteiger charge is -2.09. The fourth-order valence-corrected chi connectivity index (χ4v) is 2.91. The molecule has 3 aromatic carbocycles. The number of nitrogens with zero attached hydrogens (tertiary/aromatic N) is 1. The first-order valence-corrected chi connectivity index (χ1v) is 10.1. The van der Waals surface area contributed by atoms with Crippen LogP contribution in [0.1, 0.15) is 22.8 Å². The highest BCUT2D eigenvalue weighted by molar-refractivity contribution is 6.30. The smallest absolute Gasteiger partial charge is 0.343 e. The third-order valence-corrected chi connectivity index (χ3v) is 4.58. The molecule has 8 heteroatoms. The monoisotopic (exact) mass is 459 g/mol. The van der Waals surface area contributed by atoms with Gasteiger partial charge in [-0.05, 0) is 60.7 Å². The predicted molar refractivity (Wildman–Crippen MR) is 126 cm³/mol. The van der Waals surface area contributed by atoms with Crippen molar-refractivity contribution in [2.75, 3.05) is 10.6 Å². The van der Waals surface area contributed by atoms with Crippen molar-refractivity contribution in [3.8, 4) is 11.8 Å². The molecule has 0 spiro atoms. The number of benzene rings is 3. The summed E-state index contributed by atoms with van der Waals surface area (Å²) in [5.74, 6) is -1.26. The van der Waals surface area contributed by atoms with Crippen LogP contribution in [0.5, 0.6) is 5.75 Å². The topological polar surface area (TPSA) is 108 Å². The second-order valence-electron chi connectivity index (χ2n) is 6.82. The average molecular weight is 460 g/mol. The van der Waals surface area contributed by atoms with Gasteiger partial charge in [0.05, 0.1) is 5.56 Å². The number of rotatable bonds is 6. The second kappa shape index (κ2) is 10.8. The molecule has 0 unspecified atom stereocenters. The molecule has 0 radical (unpaired) electrons. The van der Waals surface area contributed by atoms with Crippen molar-refractivity contribution < 1.29 is 19.1 Å². The Balaban J connectivity index is 1.77. The first-order valence-electron chi connectivity index (χ1n) is 9.73. The van der Waals surface area contributed by atoms with Gasteiger partial charge in [0.25, 0.3) is 5.91 Å². The average Bonchev–Trinajstić information content (AvgIpc) is 2.79. The number of amides is 2. The normalized spacial score (nSPS) is 10.6. The Labute approximate surface area is 195 Å². The number of carbonyl (C=O) groups excluding carboxylic acids is 3. The van der Waals surface area contributed by atoms with Gasteiger partial charge in [-0.15, -0.1) is 0 Å². The number of esters is 1. The molecule has 2 amide bonds. The fraction of sp³-hybridized carbons (Fsp3) is 0.0400. The molecule has 0 fully saturated rings. The molecule has 3 rings (SSSR count). The third kappa shape index (κ3) is 6.53. The summed E-state index contributed by atoms with van der Waals surface area (Å²) >= 11 is 5.85. The van der Waals surface area contributed by atoms with Crippen LogP contribution in [-0.4, -0.2) is 17.8 Å². The number of nitriles is 1. The van der Waals surface area contributed by atoms with Crippen LogP contribution in [-0.2, 0) is 9.59 Å². The number of para-hydroxylation sites is 1. The van der Waals surface area contributed by atoms with E-state index in [0.29, 0.717) is 27.5 Å². The van der Waals surface area contributed by atoms with Gasteiger partial charge >= 0.3 is 5.97 Å². The van der Waals surface area contributed by atoms with Crippen LogP contribution in [0.25, 0.3) is 6.08 Å². The molecule has 0 saturated carbocycles. The zero-order valence-electron chi connectivity index (χ0n) is 17.5. The van der Waals surface area contributed by atoms with Gasteiger partial charge in [-0.1, -0.05) is 29.8 Å². The van der Waals surface area contributed by atoms with Gasteiger partial charge in [0.15, 0.2) is 0 Å². The maximum absolute atomic E-state index is 12.6. The Morgan fingerprint density at radius 2 is 1.52 bits per heavy atom. The summed E-state index contributed by atoms with van der Waals surface area (Å²) in [6, 6.07) is 21.1. The van der Waals surface area contributed by atoms with Gasteiger partial charge in [-0.25, -0.2) is 4.79 Å². The molecule has 0 aliphatic rings. The van der Waals surface area contributed by atoms with Gasteiger partial charge < -0.3 is 15.4 Å². The van der Waals surface area contributed by atoms with Gasteiger partial charge in [-0.2, -0.15) is 5.26 Å². The molecule has 0 aliphatic heterocycles. The lowest BCUT2D eigenvalue weighted by molar-refractivity contribution is -0.114. The van der Waals surface area contributed by atoms with E-state index in [-0.39, 0.29) is 17.2 Å². The summed E-state index contributed by atoms with van der Waals surface area (Å²) in [5, 5.41) is 15.2. The van der Waals surface area contributed by atoms with E-state index in [4.69, 9.17) is 16.3 Å². The summed E-state index contributed by atoms with van der Waals surface area (Å²) in [7, 11) is 0. The van der Waals surface area contributed by atoms with Crippen molar-refractivity contribution in [3.63, 3.8) is 0 Å². The van der Waals surface area contributed by atoms with Crippen LogP contribution >= 0.6 is 11.6 Å². The van der Waals surface area contributed by atoms with E-state index in [1.54, 1.807) is 60.7 Å². The van der Waals surface area contributed by atoms with Gasteiger partial charge in [0, 0.05) is 28.9 Å². The van der Waals surface area contributed by atoms with Crippen LogP contribution in [0.15, 0.2) is 78.4 Å². The van der Waals surface area contributed by atoms with Gasteiger partial charge in [0.2, 0.25) is 5.91 Å². The Hall–Kier alpha value is -4.41. The van der Waals surface area contributed by atoms with Crippen molar-refractivity contribution >= 4 is 46.8 Å². The molecule has 0 aromatic heterocycles. The molecule has 7 nitrogen and oxygen atoms in total. The summed E-state index contributed by atoms with van der Waals surface area (Å²) in [6.45, 7) is 1.39. The Morgan fingerprint density at radius 1 is 0.909 bits per heavy atom. The van der Waals surface area contributed by atoms with E-state index in [2.05, 4.69) is 10.6 Å². The maximum atomic E-state index is 12.6. The van der Waals surface area contributed by atoms with Gasteiger partial charge in [-0.3, -0.25) is 9.59 Å². The highest BCUT2D eigenvalue weighted by Gasteiger charge is 2.14. The highest BCUT2D eigenvalue weighted by Crippen LogP contribution is 2.23. The van der Waals surface area contributed by atoms with E-state index in [9.17, 15) is 19.6 Å². The number of carbonyl (C=O) groups is 3. The third-order valence-electron chi connectivity index (χ3n) is 4.33. The number of anilines is 2. The first kappa shape index (κ1) is 23.3. The molecule has 164 valence electrons. The SMILES string of the molecule is CC(=O)Nc1ccc(NC(=O)/C(C#N)=C/c2ccccc2OC(=O)c2ccc(Cl)cc2)cc1. The lowest BCUT2D eigenvalue weighted by atomic mass is 10.1. The van der Waals surface area contributed by atoms with Crippen LogP contribution < -0.4 is 15.4 Å². The largest absolute Gasteiger partial charge is 0.422 e. The zero-order valence-corrected chi connectivity index (χ0v) is 18.2. The van der Waals surface area contributed by atoms with Crippen molar-refractivity contribution in [3.05, 3.63) is 94.5 Å². The Bertz CT molecular complexity index is 1260. The molecule has 33 heavy (non-hydrogen) atoms. The summed E-state index contributed by atoms with van der Waals surface area (Å²) in [5.41, 5.74) is 1.52. The molecule has 0 aliphatic carbocycles. The second-order valence-corrected chi connectivity index (χ2v) is 7.25. The van der Waals surface area contributed by atoms with E-state index in [1.807, 2.05) is 6.07 Å². The Kier molecular flexibility index (Phi) is 7.58. The molecular weight excluding hydrogens is 442 g/mol. The van der Waals surface area contributed by atoms with Crippen molar-refractivity contribution in [1.29, 1.82) is 5.26 Å². The molecule has 2 N–H and O–H groups in total. The minimum atomic E-state index is -0.636. The fourth-order valence-electron chi connectivity index (χ4n) is 2.78. The van der Waals surface area contributed by atoms with Crippen molar-refractivity contribution in [2.24, 2.45) is 0 Å². The summed E-state index contributed by atoms with van der Waals surface area (Å²) in [4.78, 5) is 36.2. The van der Waals surface area contributed by atoms with Crippen LogP contribution in [0.3, 0.4) is 0 Å². The number of hydrogen-bond acceptors (Lipinski definition) is 5. The maximum Gasteiger partial charge on any atom is 0.343 e. The van der Waals surface area contributed by atoms with Crippen LogP contribution in [0, 0.1) is 11.3 Å². The quantitative estimate of drug-likeness (QED) is 0.232. The van der Waals surface area contributed by atoms with E-state index in [0.717, 1.165) is 0 Å². The minimum absolute atomic E-state index is 0.184. The predicted octanol–water partition coefficient (Wildman–Crippen LogP) is 5.06. The van der Waals surface area contributed by atoms with Crippen molar-refractivity contribution in [1.82, 2.24) is 0 Å². The molecular formula is C25H18ClN3O4. The highest BCUT2D eigenvalue weighted by atomic mass is 35.5. The van der Waals surface area contributed by atoms with E-state index >= 15 is 0 Å². The van der Waals surface area contributed by atoms with E-state index < -0.39 is 11.9 Å². The standard InChI is InChI=1S/C25H18ClN3O4/c1-16(30)28-21-10-12-22(13-11-21)29-24(31)19(15-27)14-18-4-2-3-5-23(18)33-25(32)17-6-8-20(26)9-7-17/h2-14H,1H3,(H,28,30)(H,29,31)/b19-14+. The summed E-state index contributed by atoms with van der Waals surface area (Å²) < 4.78 is 5.46. The Morgan fingerprint density at radius 3 is 2.12 bits per heavy atom. The van der Waals surface area contributed by atoms with E-state index in [1.165, 1.54) is 25.1 Å². The molecule has 0 atom stereocenters. The molecule has 0 heterocycles. The van der Waals surface area contributed by atoms with Crippen LogP contribution in [0.4, 0.5) is 11.4 Å². The summed E-state index contributed by atoms with van der Waals surface area (Å²) in [6.07, 6.45) is 1.34. The van der Waals surface area contributed by atoms with Crippen molar-refractivity contribution in [2.45, 2.75) is 6.92 Å². The van der Waals surface area contributed by atoms with Gasteiger partial charge in [0.1, 0.15) is 17.4 Å². The molecule has 0 bridgehead atoms. The zero-order chi connectivity index (χ0) is 23.8. The lowest BCUT2D eigenvalue weighted by Crippen LogP contribution is -2.14. The molecule has 3 aromatic rings. The number of ether oxygens (including phenoxy) is 1.